The van der Waals surface area contributed by atoms with Gasteiger partial charge in [-0.15, -0.1) is 11.6 Å². The average Bonchev–Trinajstić information content (AvgIpc) is 2.62. The van der Waals surface area contributed by atoms with Gasteiger partial charge in [-0.2, -0.15) is 0 Å². The van der Waals surface area contributed by atoms with Gasteiger partial charge >= 0.3 is 0 Å². The molecule has 1 rings (SSSR count). The Morgan fingerprint density at radius 3 is 2.75 bits per heavy atom. The molecular weight excluding hydrogens is 228 g/mol. The maximum Gasteiger partial charge on any atom is 0.256 e. The lowest BCUT2D eigenvalue weighted by atomic mass is 10.0. The summed E-state index contributed by atoms with van der Waals surface area (Å²) in [5, 5.41) is 6.44. The summed E-state index contributed by atoms with van der Waals surface area (Å²) in [7, 11) is 0. The molecule has 0 radical (unpaired) electrons. The third-order valence-electron chi connectivity index (χ3n) is 2.27. The molecule has 1 amide bonds. The molecule has 90 valence electrons. The van der Waals surface area contributed by atoms with Gasteiger partial charge < -0.3 is 9.84 Å². The summed E-state index contributed by atoms with van der Waals surface area (Å²) in [4.78, 5) is 11.8. The highest BCUT2D eigenvalue weighted by Gasteiger charge is 2.17. The number of hydrogen-bond acceptors (Lipinski definition) is 3. The van der Waals surface area contributed by atoms with Crippen LogP contribution in [0.2, 0.25) is 0 Å². The van der Waals surface area contributed by atoms with E-state index in [2.05, 4.69) is 24.3 Å². The van der Waals surface area contributed by atoms with Crippen molar-refractivity contribution in [2.45, 2.75) is 33.2 Å². The molecule has 1 heterocycles. The molecule has 0 fully saturated rings. The highest BCUT2D eigenvalue weighted by atomic mass is 35.5. The van der Waals surface area contributed by atoms with Crippen molar-refractivity contribution in [2.75, 3.05) is 5.88 Å². The number of carbonyl (C=O) groups is 1. The van der Waals surface area contributed by atoms with Crippen LogP contribution in [0, 0.1) is 12.8 Å². The summed E-state index contributed by atoms with van der Waals surface area (Å²) in [6, 6.07) is -0.0107. The zero-order valence-electron chi connectivity index (χ0n) is 9.79. The summed E-state index contributed by atoms with van der Waals surface area (Å²) in [6.07, 6.45) is 2.28. The van der Waals surface area contributed by atoms with Crippen LogP contribution in [-0.4, -0.2) is 23.0 Å². The lowest BCUT2D eigenvalue weighted by molar-refractivity contribution is 0.0935. The summed E-state index contributed by atoms with van der Waals surface area (Å²) in [5.41, 5.74) is 0.471. The normalized spacial score (nSPS) is 12.8. The highest BCUT2D eigenvalue weighted by Crippen LogP contribution is 2.09. The Labute approximate surface area is 100 Å². The number of nitrogens with zero attached hydrogens (tertiary/aromatic N) is 1. The molecule has 0 aromatic carbocycles. The maximum absolute atomic E-state index is 11.8. The molecule has 0 spiro atoms. The van der Waals surface area contributed by atoms with Gasteiger partial charge in [-0.3, -0.25) is 4.79 Å². The molecule has 1 aromatic rings. The van der Waals surface area contributed by atoms with Crippen molar-refractivity contribution in [2.24, 2.45) is 5.92 Å². The van der Waals surface area contributed by atoms with Crippen molar-refractivity contribution in [1.82, 2.24) is 10.5 Å². The molecule has 0 bridgehead atoms. The summed E-state index contributed by atoms with van der Waals surface area (Å²) in [6.45, 7) is 5.90. The molecule has 0 saturated heterocycles. The maximum atomic E-state index is 11.8. The lowest BCUT2D eigenvalue weighted by Gasteiger charge is -2.17. The zero-order valence-corrected chi connectivity index (χ0v) is 10.5. The Morgan fingerprint density at radius 2 is 2.31 bits per heavy atom. The van der Waals surface area contributed by atoms with Crippen LogP contribution in [0.1, 0.15) is 36.4 Å². The highest BCUT2D eigenvalue weighted by molar-refractivity contribution is 6.18. The van der Waals surface area contributed by atoms with Gasteiger partial charge in [0, 0.05) is 11.9 Å². The second-order valence-electron chi connectivity index (χ2n) is 4.25. The van der Waals surface area contributed by atoms with Crippen molar-refractivity contribution in [3.63, 3.8) is 0 Å². The van der Waals surface area contributed by atoms with Gasteiger partial charge in [0.2, 0.25) is 0 Å². The van der Waals surface area contributed by atoms with Crippen molar-refractivity contribution < 1.29 is 9.32 Å². The second kappa shape index (κ2) is 5.89. The first-order valence-electron chi connectivity index (χ1n) is 5.32. The second-order valence-corrected chi connectivity index (χ2v) is 4.56. The van der Waals surface area contributed by atoms with E-state index in [1.165, 1.54) is 6.20 Å². The van der Waals surface area contributed by atoms with E-state index in [1.54, 1.807) is 6.92 Å². The van der Waals surface area contributed by atoms with Crippen molar-refractivity contribution in [3.05, 3.63) is 17.5 Å². The summed E-state index contributed by atoms with van der Waals surface area (Å²) >= 11 is 5.80. The lowest BCUT2D eigenvalue weighted by Crippen LogP contribution is -2.37. The number of carbonyl (C=O) groups excluding carboxylic acids is 1. The fraction of sp³-hybridized carbons (Fsp3) is 0.636. The van der Waals surface area contributed by atoms with Crippen molar-refractivity contribution >= 4 is 17.5 Å². The van der Waals surface area contributed by atoms with Gasteiger partial charge in [0.15, 0.2) is 0 Å². The summed E-state index contributed by atoms with van der Waals surface area (Å²) in [5.74, 6) is 1.25. The standard InChI is InChI=1S/C11H17ClN2O2/c1-7(2)4-9(5-12)14-11(15)10-6-13-16-8(10)3/h6-7,9H,4-5H2,1-3H3,(H,14,15). The summed E-state index contributed by atoms with van der Waals surface area (Å²) < 4.78 is 4.84. The fourth-order valence-corrected chi connectivity index (χ4v) is 1.71. The molecule has 1 unspecified atom stereocenters. The number of amides is 1. The molecule has 0 aliphatic rings. The predicted molar refractivity (Wildman–Crippen MR) is 62.7 cm³/mol. The zero-order chi connectivity index (χ0) is 12.1. The van der Waals surface area contributed by atoms with E-state index in [9.17, 15) is 4.79 Å². The number of alkyl halides is 1. The average molecular weight is 245 g/mol. The minimum absolute atomic E-state index is 0.0107. The van der Waals surface area contributed by atoms with E-state index >= 15 is 0 Å². The van der Waals surface area contributed by atoms with E-state index < -0.39 is 0 Å². The molecule has 1 aromatic heterocycles. The van der Waals surface area contributed by atoms with Crippen LogP contribution in [0.3, 0.4) is 0 Å². The Hall–Kier alpha value is -1.03. The van der Waals surface area contributed by atoms with Gasteiger partial charge in [-0.1, -0.05) is 19.0 Å². The third-order valence-corrected chi connectivity index (χ3v) is 2.65. The van der Waals surface area contributed by atoms with Gasteiger partial charge in [0.25, 0.3) is 5.91 Å². The van der Waals surface area contributed by atoms with Crippen LogP contribution in [-0.2, 0) is 0 Å². The van der Waals surface area contributed by atoms with Crippen molar-refractivity contribution in [1.29, 1.82) is 0 Å². The monoisotopic (exact) mass is 244 g/mol. The van der Waals surface area contributed by atoms with E-state index in [0.29, 0.717) is 23.1 Å². The van der Waals surface area contributed by atoms with Gasteiger partial charge in [0.1, 0.15) is 11.3 Å². The molecular formula is C11H17ClN2O2. The topological polar surface area (TPSA) is 55.1 Å². The van der Waals surface area contributed by atoms with Crippen LogP contribution in [0.5, 0.6) is 0 Å². The van der Waals surface area contributed by atoms with Crippen LogP contribution >= 0.6 is 11.6 Å². The number of nitrogens with one attached hydrogen (secondary N) is 1. The molecule has 16 heavy (non-hydrogen) atoms. The van der Waals surface area contributed by atoms with E-state index in [0.717, 1.165) is 6.42 Å². The molecule has 0 aliphatic carbocycles. The molecule has 4 nitrogen and oxygen atoms in total. The molecule has 1 atom stereocenters. The van der Waals surface area contributed by atoms with Crippen LogP contribution < -0.4 is 5.32 Å². The predicted octanol–water partition coefficient (Wildman–Crippen LogP) is 2.37. The SMILES string of the molecule is Cc1oncc1C(=O)NC(CCl)CC(C)C. The number of rotatable bonds is 5. The van der Waals surface area contributed by atoms with E-state index in [1.807, 2.05) is 0 Å². The minimum atomic E-state index is -0.176. The quantitative estimate of drug-likeness (QED) is 0.809. The van der Waals surface area contributed by atoms with Crippen LogP contribution in [0.4, 0.5) is 0 Å². The van der Waals surface area contributed by atoms with Gasteiger partial charge in [0.05, 0.1) is 6.20 Å². The van der Waals surface area contributed by atoms with Gasteiger partial charge in [-0.05, 0) is 19.3 Å². The Bertz CT molecular complexity index is 350. The number of aryl methyl sites for hydroxylation is 1. The first-order valence-corrected chi connectivity index (χ1v) is 5.86. The Morgan fingerprint density at radius 1 is 1.62 bits per heavy atom. The van der Waals surface area contributed by atoms with Crippen LogP contribution in [0.15, 0.2) is 10.7 Å². The van der Waals surface area contributed by atoms with E-state index in [4.69, 9.17) is 16.1 Å². The van der Waals surface area contributed by atoms with Crippen molar-refractivity contribution in [3.8, 4) is 0 Å². The first kappa shape index (κ1) is 13.0. The van der Waals surface area contributed by atoms with E-state index in [-0.39, 0.29) is 11.9 Å². The third kappa shape index (κ3) is 3.52. The molecule has 0 aliphatic heterocycles. The molecule has 5 heteroatoms. The Kier molecular flexibility index (Phi) is 4.80. The first-order chi connectivity index (χ1) is 7.54. The van der Waals surface area contributed by atoms with Gasteiger partial charge in [-0.25, -0.2) is 0 Å². The largest absolute Gasteiger partial charge is 0.361 e. The molecule has 0 saturated carbocycles. The smallest absolute Gasteiger partial charge is 0.256 e. The number of hydrogen-bond donors (Lipinski definition) is 1. The van der Waals surface area contributed by atoms with Crippen LogP contribution in [0.25, 0.3) is 0 Å². The Balaban J connectivity index is 2.59. The number of halogens is 1. The fourth-order valence-electron chi connectivity index (χ4n) is 1.51. The molecule has 1 N–H and O–H groups in total. The minimum Gasteiger partial charge on any atom is -0.361 e. The number of aromatic nitrogens is 1.